The number of carbonyl (C=O) groups is 1. The van der Waals surface area contributed by atoms with E-state index in [0.717, 1.165) is 5.56 Å². The number of benzene rings is 1. The van der Waals surface area contributed by atoms with Crippen molar-refractivity contribution < 1.29 is 9.90 Å². The molecule has 0 aliphatic rings. The standard InChI is InChI=1S/C11H14ClNO2/c1-7(14)6-13-11(15)9-4-3-5-10(12)8(9)2/h3-5,7,14H,6H2,1-2H3,(H,13,15)/t7-/m1/s1. The van der Waals surface area contributed by atoms with E-state index in [0.29, 0.717) is 10.6 Å². The summed E-state index contributed by atoms with van der Waals surface area (Å²) in [6, 6.07) is 5.17. The molecule has 0 fully saturated rings. The Hall–Kier alpha value is -1.06. The third-order valence-electron chi connectivity index (χ3n) is 2.07. The van der Waals surface area contributed by atoms with Crippen molar-refractivity contribution in [3.8, 4) is 0 Å². The third kappa shape index (κ3) is 3.22. The molecular weight excluding hydrogens is 214 g/mol. The first-order chi connectivity index (χ1) is 7.02. The van der Waals surface area contributed by atoms with Crippen LogP contribution in [0.4, 0.5) is 0 Å². The van der Waals surface area contributed by atoms with Crippen LogP contribution in [0.25, 0.3) is 0 Å². The van der Waals surface area contributed by atoms with E-state index in [1.165, 1.54) is 0 Å². The second-order valence-electron chi connectivity index (χ2n) is 3.47. The van der Waals surface area contributed by atoms with Crippen LogP contribution in [0.2, 0.25) is 5.02 Å². The van der Waals surface area contributed by atoms with Gasteiger partial charge in [0, 0.05) is 17.1 Å². The zero-order valence-electron chi connectivity index (χ0n) is 8.75. The first-order valence-electron chi connectivity index (χ1n) is 4.73. The SMILES string of the molecule is Cc1c(Cl)cccc1C(=O)NC[C@@H](C)O. The van der Waals surface area contributed by atoms with Gasteiger partial charge >= 0.3 is 0 Å². The summed E-state index contributed by atoms with van der Waals surface area (Å²) in [5, 5.41) is 12.2. The minimum absolute atomic E-state index is 0.212. The van der Waals surface area contributed by atoms with Gasteiger partial charge in [-0.1, -0.05) is 17.7 Å². The average molecular weight is 228 g/mol. The largest absolute Gasteiger partial charge is 0.392 e. The second kappa shape index (κ2) is 5.14. The van der Waals surface area contributed by atoms with Crippen LogP contribution in [0.1, 0.15) is 22.8 Å². The lowest BCUT2D eigenvalue weighted by Gasteiger charge is -2.09. The van der Waals surface area contributed by atoms with Crippen LogP contribution in [0.5, 0.6) is 0 Å². The van der Waals surface area contributed by atoms with E-state index >= 15 is 0 Å². The molecule has 0 aliphatic heterocycles. The fourth-order valence-corrected chi connectivity index (χ4v) is 1.36. The third-order valence-corrected chi connectivity index (χ3v) is 2.48. The normalized spacial score (nSPS) is 12.3. The van der Waals surface area contributed by atoms with Gasteiger partial charge in [0.05, 0.1) is 6.10 Å². The Kier molecular flexibility index (Phi) is 4.12. The summed E-state index contributed by atoms with van der Waals surface area (Å²) in [7, 11) is 0. The van der Waals surface area contributed by atoms with Crippen molar-refractivity contribution in [1.29, 1.82) is 0 Å². The highest BCUT2D eigenvalue weighted by atomic mass is 35.5. The zero-order chi connectivity index (χ0) is 11.4. The van der Waals surface area contributed by atoms with Gasteiger partial charge in [0.2, 0.25) is 0 Å². The molecule has 2 N–H and O–H groups in total. The number of carbonyl (C=O) groups excluding carboxylic acids is 1. The van der Waals surface area contributed by atoms with Crippen molar-refractivity contribution >= 4 is 17.5 Å². The molecule has 82 valence electrons. The smallest absolute Gasteiger partial charge is 0.251 e. The van der Waals surface area contributed by atoms with Crippen molar-refractivity contribution in [3.05, 3.63) is 34.3 Å². The Bertz CT molecular complexity index is 364. The molecule has 1 aromatic carbocycles. The minimum atomic E-state index is -0.548. The highest BCUT2D eigenvalue weighted by Crippen LogP contribution is 2.18. The summed E-state index contributed by atoms with van der Waals surface area (Å²) in [5.74, 6) is -0.212. The fourth-order valence-electron chi connectivity index (χ4n) is 1.19. The Morgan fingerprint density at radius 1 is 1.60 bits per heavy atom. The van der Waals surface area contributed by atoms with Crippen LogP contribution in [-0.4, -0.2) is 23.7 Å². The molecule has 0 saturated carbocycles. The highest BCUT2D eigenvalue weighted by Gasteiger charge is 2.10. The van der Waals surface area contributed by atoms with Crippen LogP contribution in [-0.2, 0) is 0 Å². The molecule has 1 atom stereocenters. The first-order valence-corrected chi connectivity index (χ1v) is 5.11. The molecule has 1 rings (SSSR count). The van der Waals surface area contributed by atoms with E-state index in [1.807, 2.05) is 0 Å². The monoisotopic (exact) mass is 227 g/mol. The van der Waals surface area contributed by atoms with Crippen molar-refractivity contribution in [2.75, 3.05) is 6.54 Å². The molecule has 1 amide bonds. The van der Waals surface area contributed by atoms with Crippen LogP contribution in [0.15, 0.2) is 18.2 Å². The summed E-state index contributed by atoms with van der Waals surface area (Å²) < 4.78 is 0. The Morgan fingerprint density at radius 2 is 2.27 bits per heavy atom. The number of aliphatic hydroxyl groups is 1. The Labute approximate surface area is 94.1 Å². The van der Waals surface area contributed by atoms with Gasteiger partial charge in [-0.05, 0) is 31.5 Å². The molecule has 0 bridgehead atoms. The molecule has 0 saturated heterocycles. The lowest BCUT2D eigenvalue weighted by molar-refractivity contribution is 0.0923. The van der Waals surface area contributed by atoms with Gasteiger partial charge in [0.1, 0.15) is 0 Å². The van der Waals surface area contributed by atoms with Gasteiger partial charge in [-0.3, -0.25) is 4.79 Å². The van der Waals surface area contributed by atoms with E-state index in [4.69, 9.17) is 16.7 Å². The number of aliphatic hydroxyl groups excluding tert-OH is 1. The summed E-state index contributed by atoms with van der Waals surface area (Å²) >= 11 is 5.89. The minimum Gasteiger partial charge on any atom is -0.392 e. The molecule has 1 aromatic rings. The maximum absolute atomic E-state index is 11.6. The molecule has 0 aromatic heterocycles. The quantitative estimate of drug-likeness (QED) is 0.827. The van der Waals surface area contributed by atoms with E-state index < -0.39 is 6.10 Å². The first kappa shape index (κ1) is 12.0. The second-order valence-corrected chi connectivity index (χ2v) is 3.88. The van der Waals surface area contributed by atoms with Crippen molar-refractivity contribution in [2.45, 2.75) is 20.0 Å². The van der Waals surface area contributed by atoms with Gasteiger partial charge in [0.25, 0.3) is 5.91 Å². The fraction of sp³-hybridized carbons (Fsp3) is 0.364. The number of rotatable bonds is 3. The molecule has 0 unspecified atom stereocenters. The number of hydrogen-bond donors (Lipinski definition) is 2. The number of nitrogens with one attached hydrogen (secondary N) is 1. The van der Waals surface area contributed by atoms with Crippen molar-refractivity contribution in [1.82, 2.24) is 5.32 Å². The van der Waals surface area contributed by atoms with Crippen molar-refractivity contribution in [3.63, 3.8) is 0 Å². The predicted molar refractivity (Wildman–Crippen MR) is 60.2 cm³/mol. The lowest BCUT2D eigenvalue weighted by Crippen LogP contribution is -2.30. The van der Waals surface area contributed by atoms with E-state index in [2.05, 4.69) is 5.32 Å². The Balaban J connectivity index is 2.78. The van der Waals surface area contributed by atoms with Gasteiger partial charge < -0.3 is 10.4 Å². The highest BCUT2D eigenvalue weighted by molar-refractivity contribution is 6.31. The molecular formula is C11H14ClNO2. The molecule has 15 heavy (non-hydrogen) atoms. The van der Waals surface area contributed by atoms with Gasteiger partial charge in [-0.15, -0.1) is 0 Å². The predicted octanol–water partition coefficient (Wildman–Crippen LogP) is 1.76. The molecule has 0 aliphatic carbocycles. The topological polar surface area (TPSA) is 49.3 Å². The summed E-state index contributed by atoms with van der Waals surface area (Å²) in [6.07, 6.45) is -0.548. The maximum Gasteiger partial charge on any atom is 0.251 e. The van der Waals surface area contributed by atoms with Crippen LogP contribution in [0, 0.1) is 6.92 Å². The molecule has 0 spiro atoms. The molecule has 4 heteroatoms. The van der Waals surface area contributed by atoms with Crippen LogP contribution < -0.4 is 5.32 Å². The van der Waals surface area contributed by atoms with Gasteiger partial charge in [-0.2, -0.15) is 0 Å². The number of amides is 1. The van der Waals surface area contributed by atoms with Gasteiger partial charge in [-0.25, -0.2) is 0 Å². The van der Waals surface area contributed by atoms with E-state index in [1.54, 1.807) is 32.0 Å². The van der Waals surface area contributed by atoms with E-state index in [9.17, 15) is 4.79 Å². The number of hydrogen-bond acceptors (Lipinski definition) is 2. The lowest BCUT2D eigenvalue weighted by atomic mass is 10.1. The maximum atomic E-state index is 11.6. The zero-order valence-corrected chi connectivity index (χ0v) is 9.51. The summed E-state index contributed by atoms with van der Waals surface area (Å²) in [4.78, 5) is 11.6. The van der Waals surface area contributed by atoms with Gasteiger partial charge in [0.15, 0.2) is 0 Å². The summed E-state index contributed by atoms with van der Waals surface area (Å²) in [6.45, 7) is 3.65. The van der Waals surface area contributed by atoms with Crippen molar-refractivity contribution in [2.24, 2.45) is 0 Å². The van der Waals surface area contributed by atoms with Crippen LogP contribution >= 0.6 is 11.6 Å². The molecule has 0 radical (unpaired) electrons. The average Bonchev–Trinajstić information content (AvgIpc) is 2.18. The molecule has 0 heterocycles. The molecule has 3 nitrogen and oxygen atoms in total. The van der Waals surface area contributed by atoms with E-state index in [-0.39, 0.29) is 12.5 Å². The Morgan fingerprint density at radius 3 is 2.87 bits per heavy atom. The van der Waals surface area contributed by atoms with Crippen LogP contribution in [0.3, 0.4) is 0 Å². The number of halogens is 1. The summed E-state index contributed by atoms with van der Waals surface area (Å²) in [5.41, 5.74) is 1.30.